The average Bonchev–Trinajstić information content (AvgIpc) is 2.35. The average molecular weight is 306 g/mol. The van der Waals surface area contributed by atoms with Crippen LogP contribution < -0.4 is 4.74 Å². The molecule has 0 fully saturated rings. The van der Waals surface area contributed by atoms with Crippen molar-refractivity contribution < 1.29 is 14.3 Å². The van der Waals surface area contributed by atoms with Crippen LogP contribution in [-0.4, -0.2) is 12.3 Å². The van der Waals surface area contributed by atoms with E-state index in [1.165, 1.54) is 0 Å². The first-order valence-corrected chi connectivity index (χ1v) is 7.98. The van der Waals surface area contributed by atoms with E-state index in [9.17, 15) is 4.79 Å². The van der Waals surface area contributed by atoms with Crippen molar-refractivity contribution in [3.8, 4) is 5.75 Å². The van der Waals surface area contributed by atoms with Crippen LogP contribution in [0.4, 0.5) is 4.79 Å². The summed E-state index contributed by atoms with van der Waals surface area (Å²) < 4.78 is 10.6. The topological polar surface area (TPSA) is 35.5 Å². The highest BCUT2D eigenvalue weighted by atomic mass is 16.7. The Balaban J connectivity index is 3.11. The van der Waals surface area contributed by atoms with Crippen molar-refractivity contribution in [1.29, 1.82) is 0 Å². The Morgan fingerprint density at radius 2 is 1.45 bits per heavy atom. The maximum absolute atomic E-state index is 11.9. The molecule has 3 heteroatoms. The first-order valence-electron chi connectivity index (χ1n) is 7.98. The number of carbonyl (C=O) groups is 1. The maximum atomic E-state index is 11.9. The monoisotopic (exact) mass is 306 g/mol. The zero-order valence-electron chi connectivity index (χ0n) is 15.2. The van der Waals surface area contributed by atoms with Gasteiger partial charge < -0.3 is 9.47 Å². The minimum absolute atomic E-state index is 0.0139. The standard InChI is InChI=1S/C19H30O3/c1-9-13(2)21-17(20)22-16-11-14(18(3,4)5)10-15(12-16)19(6,7)8/h10-13H,9H2,1-8H3. The second-order valence-corrected chi connectivity index (χ2v) is 7.93. The smallest absolute Gasteiger partial charge is 0.431 e. The summed E-state index contributed by atoms with van der Waals surface area (Å²) in [5.74, 6) is 0.547. The molecule has 1 rings (SSSR count). The van der Waals surface area contributed by atoms with Crippen molar-refractivity contribution in [2.45, 2.75) is 78.7 Å². The van der Waals surface area contributed by atoms with Crippen molar-refractivity contribution in [3.63, 3.8) is 0 Å². The third kappa shape index (κ3) is 5.36. The van der Waals surface area contributed by atoms with Crippen LogP contribution in [0, 0.1) is 0 Å². The molecule has 1 aromatic rings. The molecule has 22 heavy (non-hydrogen) atoms. The molecular formula is C19H30O3. The van der Waals surface area contributed by atoms with Crippen LogP contribution in [0.15, 0.2) is 18.2 Å². The molecule has 0 bridgehead atoms. The first kappa shape index (κ1) is 18.5. The molecular weight excluding hydrogens is 276 g/mol. The Morgan fingerprint density at radius 3 is 1.82 bits per heavy atom. The van der Waals surface area contributed by atoms with Crippen LogP contribution in [-0.2, 0) is 15.6 Å². The van der Waals surface area contributed by atoms with Crippen molar-refractivity contribution in [2.75, 3.05) is 0 Å². The van der Waals surface area contributed by atoms with E-state index in [0.717, 1.165) is 17.5 Å². The predicted molar refractivity (Wildman–Crippen MR) is 90.7 cm³/mol. The number of carbonyl (C=O) groups excluding carboxylic acids is 1. The number of ether oxygens (including phenoxy) is 2. The number of benzene rings is 1. The molecule has 0 saturated carbocycles. The van der Waals surface area contributed by atoms with Gasteiger partial charge in [0.25, 0.3) is 0 Å². The molecule has 0 aliphatic carbocycles. The Kier molecular flexibility index (Phi) is 5.66. The fraction of sp³-hybridized carbons (Fsp3) is 0.632. The summed E-state index contributed by atoms with van der Waals surface area (Å²) in [7, 11) is 0. The molecule has 0 aliphatic rings. The zero-order chi connectivity index (χ0) is 17.1. The summed E-state index contributed by atoms with van der Waals surface area (Å²) in [6, 6.07) is 6.03. The van der Waals surface area contributed by atoms with Crippen LogP contribution in [0.3, 0.4) is 0 Å². The van der Waals surface area contributed by atoms with E-state index in [2.05, 4.69) is 47.6 Å². The highest BCUT2D eigenvalue weighted by Crippen LogP contribution is 2.33. The van der Waals surface area contributed by atoms with Crippen LogP contribution in [0.5, 0.6) is 5.75 Å². The summed E-state index contributed by atoms with van der Waals surface area (Å²) in [6.45, 7) is 16.7. The molecule has 0 saturated heterocycles. The minimum Gasteiger partial charge on any atom is -0.431 e. The zero-order valence-corrected chi connectivity index (χ0v) is 15.2. The van der Waals surface area contributed by atoms with E-state index in [4.69, 9.17) is 9.47 Å². The van der Waals surface area contributed by atoms with E-state index in [-0.39, 0.29) is 16.9 Å². The van der Waals surface area contributed by atoms with Crippen molar-refractivity contribution >= 4 is 6.16 Å². The van der Waals surface area contributed by atoms with Gasteiger partial charge in [-0.1, -0.05) is 54.5 Å². The van der Waals surface area contributed by atoms with Gasteiger partial charge in [0.05, 0.1) is 0 Å². The molecule has 1 atom stereocenters. The fourth-order valence-electron chi connectivity index (χ4n) is 1.89. The Bertz CT molecular complexity index is 486. The summed E-state index contributed by atoms with van der Waals surface area (Å²) >= 11 is 0. The van der Waals surface area contributed by atoms with Gasteiger partial charge in [0.15, 0.2) is 0 Å². The van der Waals surface area contributed by atoms with E-state index < -0.39 is 6.16 Å². The van der Waals surface area contributed by atoms with E-state index >= 15 is 0 Å². The lowest BCUT2D eigenvalue weighted by atomic mass is 9.80. The lowest BCUT2D eigenvalue weighted by Gasteiger charge is -2.26. The lowest BCUT2D eigenvalue weighted by molar-refractivity contribution is 0.0643. The summed E-state index contributed by atoms with van der Waals surface area (Å²) in [6.07, 6.45) is -0.00895. The summed E-state index contributed by atoms with van der Waals surface area (Å²) in [5, 5.41) is 0. The van der Waals surface area contributed by atoms with Gasteiger partial charge in [-0.05, 0) is 47.4 Å². The molecule has 0 N–H and O–H groups in total. The molecule has 0 aromatic heterocycles. The van der Waals surface area contributed by atoms with Gasteiger partial charge in [0.2, 0.25) is 0 Å². The van der Waals surface area contributed by atoms with E-state index in [1.54, 1.807) is 0 Å². The lowest BCUT2D eigenvalue weighted by Crippen LogP contribution is -2.20. The fourth-order valence-corrected chi connectivity index (χ4v) is 1.89. The molecule has 1 unspecified atom stereocenters. The highest BCUT2D eigenvalue weighted by Gasteiger charge is 2.22. The van der Waals surface area contributed by atoms with Gasteiger partial charge in [0, 0.05) is 0 Å². The summed E-state index contributed by atoms with van der Waals surface area (Å²) in [4.78, 5) is 11.9. The van der Waals surface area contributed by atoms with Crippen LogP contribution in [0.25, 0.3) is 0 Å². The second kappa shape index (κ2) is 6.72. The number of rotatable bonds is 3. The van der Waals surface area contributed by atoms with Crippen LogP contribution in [0.2, 0.25) is 0 Å². The quantitative estimate of drug-likeness (QED) is 0.539. The van der Waals surface area contributed by atoms with E-state index in [0.29, 0.717) is 5.75 Å². The molecule has 1 aromatic carbocycles. The largest absolute Gasteiger partial charge is 0.514 e. The Labute approximate surface area is 135 Å². The Hall–Kier alpha value is -1.51. The SMILES string of the molecule is CCC(C)OC(=O)Oc1cc(C(C)(C)C)cc(C(C)(C)C)c1. The second-order valence-electron chi connectivity index (χ2n) is 7.93. The molecule has 0 amide bonds. The van der Waals surface area contributed by atoms with Crippen molar-refractivity contribution in [1.82, 2.24) is 0 Å². The molecule has 3 nitrogen and oxygen atoms in total. The van der Waals surface area contributed by atoms with Gasteiger partial charge in [-0.3, -0.25) is 0 Å². The number of hydrogen-bond donors (Lipinski definition) is 0. The molecule has 0 radical (unpaired) electrons. The van der Waals surface area contributed by atoms with Crippen LogP contribution in [0.1, 0.15) is 72.9 Å². The van der Waals surface area contributed by atoms with Crippen LogP contribution >= 0.6 is 0 Å². The Morgan fingerprint density at radius 1 is 1.00 bits per heavy atom. The third-order valence-electron chi connectivity index (χ3n) is 3.71. The van der Waals surface area contributed by atoms with Gasteiger partial charge in [0.1, 0.15) is 11.9 Å². The minimum atomic E-state index is -0.639. The third-order valence-corrected chi connectivity index (χ3v) is 3.71. The molecule has 0 heterocycles. The van der Waals surface area contributed by atoms with Crippen molar-refractivity contribution in [3.05, 3.63) is 29.3 Å². The van der Waals surface area contributed by atoms with Gasteiger partial charge >= 0.3 is 6.16 Å². The normalized spacial score (nSPS) is 13.6. The maximum Gasteiger partial charge on any atom is 0.514 e. The van der Waals surface area contributed by atoms with Crippen molar-refractivity contribution in [2.24, 2.45) is 0 Å². The molecule has 0 spiro atoms. The van der Waals surface area contributed by atoms with Gasteiger partial charge in [-0.15, -0.1) is 0 Å². The molecule has 0 aliphatic heterocycles. The first-order chi connectivity index (χ1) is 9.93. The summed E-state index contributed by atoms with van der Waals surface area (Å²) in [5.41, 5.74) is 2.26. The number of hydrogen-bond acceptors (Lipinski definition) is 3. The molecule has 124 valence electrons. The predicted octanol–water partition coefficient (Wildman–Crippen LogP) is 5.60. The van der Waals surface area contributed by atoms with E-state index in [1.807, 2.05) is 26.0 Å². The highest BCUT2D eigenvalue weighted by molar-refractivity contribution is 5.64. The van der Waals surface area contributed by atoms with Gasteiger partial charge in [-0.25, -0.2) is 4.79 Å². The van der Waals surface area contributed by atoms with Gasteiger partial charge in [-0.2, -0.15) is 0 Å².